The molecule has 0 bridgehead atoms. The van der Waals surface area contributed by atoms with Gasteiger partial charge in [0.25, 0.3) is 5.91 Å². The number of halogens is 2. The van der Waals surface area contributed by atoms with Crippen molar-refractivity contribution >= 4 is 23.4 Å². The van der Waals surface area contributed by atoms with Gasteiger partial charge in [-0.15, -0.1) is 0 Å². The highest BCUT2D eigenvalue weighted by Crippen LogP contribution is 2.28. The van der Waals surface area contributed by atoms with Crippen molar-refractivity contribution in [2.45, 2.75) is 40.2 Å². The lowest BCUT2D eigenvalue weighted by molar-refractivity contribution is -0.115. The molecule has 0 spiro atoms. The van der Waals surface area contributed by atoms with Crippen molar-refractivity contribution in [3.8, 4) is 0 Å². The van der Waals surface area contributed by atoms with Gasteiger partial charge < -0.3 is 9.64 Å². The van der Waals surface area contributed by atoms with Crippen LogP contribution < -0.4 is 4.90 Å². The standard InChI is InChI=1S/C27H32F2N2O2/c1-9-12-24(29)25(21(5)28)26(32)31(18-20(4)33-27(6,7)8)23-14-11-13-22(16-23)19(3)17-30-15-10-2/h9-17H,1-2,4,18H2,3,5-8H3/b19-17+,24-12+,25-21-,30-15?. The quantitative estimate of drug-likeness (QED) is 0.162. The number of hydrogen-bond donors (Lipinski definition) is 0. The fourth-order valence-electron chi connectivity index (χ4n) is 2.87. The van der Waals surface area contributed by atoms with Gasteiger partial charge in [0.05, 0.1) is 6.54 Å². The maximum absolute atomic E-state index is 14.6. The fraction of sp³-hybridized carbons (Fsp3) is 0.259. The summed E-state index contributed by atoms with van der Waals surface area (Å²) < 4.78 is 34.6. The molecule has 1 rings (SSSR count). The summed E-state index contributed by atoms with van der Waals surface area (Å²) in [6.45, 7) is 19.2. The molecule has 0 unspecified atom stereocenters. The van der Waals surface area contributed by atoms with Crippen LogP contribution in [-0.4, -0.2) is 24.3 Å². The molecule has 1 aromatic carbocycles. The van der Waals surface area contributed by atoms with Gasteiger partial charge in [-0.25, -0.2) is 8.78 Å². The number of ether oxygens (including phenoxy) is 1. The molecule has 4 nitrogen and oxygen atoms in total. The molecule has 0 N–H and O–H groups in total. The first-order valence-corrected chi connectivity index (χ1v) is 10.4. The lowest BCUT2D eigenvalue weighted by atomic mass is 10.1. The van der Waals surface area contributed by atoms with Crippen LogP contribution in [0.1, 0.15) is 40.2 Å². The van der Waals surface area contributed by atoms with Crippen LogP contribution in [0.5, 0.6) is 0 Å². The average molecular weight is 455 g/mol. The van der Waals surface area contributed by atoms with E-state index >= 15 is 0 Å². The normalized spacial score (nSPS) is 13.4. The Labute approximate surface area is 195 Å². The lowest BCUT2D eigenvalue weighted by Crippen LogP contribution is -2.36. The van der Waals surface area contributed by atoms with Crippen LogP contribution in [0.15, 0.2) is 96.4 Å². The molecule has 0 radical (unpaired) electrons. The molecule has 1 aromatic rings. The van der Waals surface area contributed by atoms with Gasteiger partial charge >= 0.3 is 0 Å². The number of hydrogen-bond acceptors (Lipinski definition) is 3. The minimum Gasteiger partial charge on any atom is -0.491 e. The van der Waals surface area contributed by atoms with E-state index in [9.17, 15) is 13.6 Å². The van der Waals surface area contributed by atoms with E-state index in [0.29, 0.717) is 5.69 Å². The second kappa shape index (κ2) is 12.5. The Kier molecular flexibility index (Phi) is 10.4. The Hall–Kier alpha value is -3.54. The number of aliphatic imine (C=N–C) groups is 1. The summed E-state index contributed by atoms with van der Waals surface area (Å²) in [5.41, 5.74) is 0.771. The Morgan fingerprint density at radius 2 is 1.85 bits per heavy atom. The van der Waals surface area contributed by atoms with Crippen LogP contribution in [0.3, 0.4) is 0 Å². The van der Waals surface area contributed by atoms with Crippen LogP contribution in [-0.2, 0) is 9.53 Å². The molecule has 0 fully saturated rings. The molecule has 0 heterocycles. The smallest absolute Gasteiger partial charge is 0.264 e. The predicted molar refractivity (Wildman–Crippen MR) is 134 cm³/mol. The second-order valence-corrected chi connectivity index (χ2v) is 8.20. The largest absolute Gasteiger partial charge is 0.491 e. The maximum atomic E-state index is 14.6. The third-order valence-corrected chi connectivity index (χ3v) is 4.16. The van der Waals surface area contributed by atoms with Crippen LogP contribution in [0, 0.1) is 0 Å². The van der Waals surface area contributed by atoms with Crippen LogP contribution in [0.2, 0.25) is 0 Å². The number of nitrogens with zero attached hydrogens (tertiary/aromatic N) is 2. The maximum Gasteiger partial charge on any atom is 0.264 e. The minimum atomic E-state index is -1.02. The third-order valence-electron chi connectivity index (χ3n) is 4.16. The molecule has 0 atom stereocenters. The van der Waals surface area contributed by atoms with Crippen molar-refractivity contribution in [2.24, 2.45) is 4.99 Å². The van der Waals surface area contributed by atoms with E-state index in [1.807, 2.05) is 33.8 Å². The van der Waals surface area contributed by atoms with Gasteiger partial charge in [-0.2, -0.15) is 0 Å². The van der Waals surface area contributed by atoms with Crippen LogP contribution >= 0.6 is 0 Å². The number of allylic oxidation sites excluding steroid dienone is 5. The van der Waals surface area contributed by atoms with Gasteiger partial charge in [0.15, 0.2) is 0 Å². The lowest BCUT2D eigenvalue weighted by Gasteiger charge is -2.29. The zero-order valence-electron chi connectivity index (χ0n) is 20.0. The van der Waals surface area contributed by atoms with Gasteiger partial charge in [-0.3, -0.25) is 9.79 Å². The van der Waals surface area contributed by atoms with E-state index < -0.39 is 28.7 Å². The number of benzene rings is 1. The van der Waals surface area contributed by atoms with Crippen molar-refractivity contribution < 1.29 is 18.3 Å². The molecular formula is C27H32F2N2O2. The number of carbonyl (C=O) groups is 1. The number of amides is 1. The second-order valence-electron chi connectivity index (χ2n) is 8.20. The van der Waals surface area contributed by atoms with Crippen LogP contribution in [0.4, 0.5) is 14.5 Å². The summed E-state index contributed by atoms with van der Waals surface area (Å²) in [7, 11) is 0. The molecule has 0 aromatic heterocycles. The topological polar surface area (TPSA) is 41.9 Å². The summed E-state index contributed by atoms with van der Waals surface area (Å²) in [6, 6.07) is 7.00. The van der Waals surface area contributed by atoms with E-state index in [1.54, 1.807) is 36.7 Å². The Balaban J connectivity index is 3.56. The van der Waals surface area contributed by atoms with Gasteiger partial charge in [0.1, 0.15) is 28.6 Å². The molecule has 0 aliphatic carbocycles. The molecule has 33 heavy (non-hydrogen) atoms. The van der Waals surface area contributed by atoms with Gasteiger partial charge in [-0.05, 0) is 64.0 Å². The van der Waals surface area contributed by atoms with Crippen LogP contribution in [0.25, 0.3) is 5.57 Å². The first-order valence-electron chi connectivity index (χ1n) is 10.4. The molecule has 6 heteroatoms. The summed E-state index contributed by atoms with van der Waals surface area (Å²) >= 11 is 0. The van der Waals surface area contributed by atoms with E-state index in [-0.39, 0.29) is 12.3 Å². The minimum absolute atomic E-state index is 0.102. The van der Waals surface area contributed by atoms with E-state index in [1.165, 1.54) is 4.90 Å². The number of anilines is 1. The summed E-state index contributed by atoms with van der Waals surface area (Å²) in [6.07, 6.45) is 6.84. The highest BCUT2D eigenvalue weighted by atomic mass is 19.1. The Bertz CT molecular complexity index is 1020. The fourth-order valence-corrected chi connectivity index (χ4v) is 2.87. The van der Waals surface area contributed by atoms with Crippen molar-refractivity contribution in [1.29, 1.82) is 0 Å². The zero-order valence-corrected chi connectivity index (χ0v) is 20.0. The van der Waals surface area contributed by atoms with E-state index in [4.69, 9.17) is 4.74 Å². The third kappa shape index (κ3) is 8.85. The molecule has 0 saturated heterocycles. The molecular weight excluding hydrogens is 422 g/mol. The first kappa shape index (κ1) is 27.5. The molecule has 0 aliphatic rings. The monoisotopic (exact) mass is 454 g/mol. The molecule has 0 aliphatic heterocycles. The Morgan fingerprint density at radius 3 is 2.39 bits per heavy atom. The van der Waals surface area contributed by atoms with Gasteiger partial charge in [0, 0.05) is 18.1 Å². The zero-order chi connectivity index (χ0) is 25.2. The van der Waals surface area contributed by atoms with Gasteiger partial charge in [-0.1, -0.05) is 44.0 Å². The summed E-state index contributed by atoms with van der Waals surface area (Å²) in [4.78, 5) is 18.7. The molecule has 1 amide bonds. The number of rotatable bonds is 10. The SMILES string of the molecule is C=CC=N/C=C(\C)c1cccc(N(CC(=C)OC(C)(C)C)C(=O)C(/C(F)=C\C=C)=C(/C)F)c1. The first-order chi connectivity index (χ1) is 15.4. The van der Waals surface area contributed by atoms with Gasteiger partial charge in [0.2, 0.25) is 0 Å². The summed E-state index contributed by atoms with van der Waals surface area (Å²) in [5.74, 6) is -2.57. The van der Waals surface area contributed by atoms with Crippen molar-refractivity contribution in [1.82, 2.24) is 0 Å². The van der Waals surface area contributed by atoms with Crippen molar-refractivity contribution in [2.75, 3.05) is 11.4 Å². The average Bonchev–Trinajstić information content (AvgIpc) is 2.71. The van der Waals surface area contributed by atoms with Crippen molar-refractivity contribution in [3.05, 3.63) is 97.0 Å². The molecule has 0 saturated carbocycles. The molecule has 176 valence electrons. The highest BCUT2D eigenvalue weighted by molar-refractivity contribution is 6.08. The van der Waals surface area contributed by atoms with Crippen molar-refractivity contribution in [3.63, 3.8) is 0 Å². The Morgan fingerprint density at radius 1 is 1.18 bits per heavy atom. The predicted octanol–water partition coefficient (Wildman–Crippen LogP) is 7.25. The van der Waals surface area contributed by atoms with E-state index in [0.717, 1.165) is 30.2 Å². The van der Waals surface area contributed by atoms with E-state index in [2.05, 4.69) is 24.7 Å². The summed E-state index contributed by atoms with van der Waals surface area (Å²) in [5, 5.41) is 0. The number of carbonyl (C=O) groups excluding carboxylic acids is 1. The highest BCUT2D eigenvalue weighted by Gasteiger charge is 2.27.